The van der Waals surface area contributed by atoms with Crippen LogP contribution >= 0.6 is 0 Å². The van der Waals surface area contributed by atoms with E-state index in [0.29, 0.717) is 0 Å². The van der Waals surface area contributed by atoms with Crippen LogP contribution in [0.15, 0.2) is 36.4 Å². The molecule has 0 bridgehead atoms. The Bertz CT molecular complexity index is 814. The first-order chi connectivity index (χ1) is 10.8. The molecule has 2 rings (SSSR count). The van der Waals surface area contributed by atoms with Crippen LogP contribution in [0, 0.1) is 10.1 Å². The number of nitrogens with zero attached hydrogens (tertiary/aromatic N) is 1. The molecule has 0 saturated heterocycles. The lowest BCUT2D eigenvalue weighted by atomic mass is 10.1. The molecule has 0 saturated carbocycles. The number of hydrogen-bond donors (Lipinski definition) is 3. The van der Waals surface area contributed by atoms with Gasteiger partial charge in [0.05, 0.1) is 16.6 Å². The quantitative estimate of drug-likeness (QED) is 0.562. The van der Waals surface area contributed by atoms with Gasteiger partial charge in [-0.05, 0) is 24.3 Å². The second kappa shape index (κ2) is 6.02. The molecule has 0 radical (unpaired) electrons. The van der Waals surface area contributed by atoms with Gasteiger partial charge in [0, 0.05) is 0 Å². The fourth-order valence-electron chi connectivity index (χ4n) is 1.85. The summed E-state index contributed by atoms with van der Waals surface area (Å²) in [6, 6.07) is 6.68. The number of aromatic carboxylic acids is 2. The Hall–Kier alpha value is -3.62. The molecule has 0 aromatic heterocycles. The van der Waals surface area contributed by atoms with Crippen LogP contribution in [-0.2, 0) is 0 Å². The van der Waals surface area contributed by atoms with Gasteiger partial charge in [-0.1, -0.05) is 6.07 Å². The molecule has 2 aromatic carbocycles. The average molecular weight is 319 g/mol. The topological polar surface area (TPSA) is 147 Å². The normalized spacial score (nSPS) is 10.1. The van der Waals surface area contributed by atoms with Gasteiger partial charge in [0.1, 0.15) is 17.1 Å². The molecule has 0 amide bonds. The van der Waals surface area contributed by atoms with E-state index in [9.17, 15) is 24.8 Å². The predicted octanol–water partition coefficient (Wildman–Crippen LogP) is 2.49. The van der Waals surface area contributed by atoms with E-state index >= 15 is 0 Å². The molecule has 118 valence electrons. The maximum Gasteiger partial charge on any atom is 0.340 e. The smallest absolute Gasteiger partial charge is 0.340 e. The fraction of sp³-hybridized carbons (Fsp3) is 0. The average Bonchev–Trinajstić information content (AvgIpc) is 2.48. The van der Waals surface area contributed by atoms with Gasteiger partial charge >= 0.3 is 17.6 Å². The van der Waals surface area contributed by atoms with Crippen molar-refractivity contribution in [3.63, 3.8) is 0 Å². The number of carboxylic acid groups (broad SMARTS) is 2. The number of nitro groups is 1. The van der Waals surface area contributed by atoms with E-state index < -0.39 is 39.4 Å². The maximum atomic E-state index is 11.3. The number of phenolic OH excluding ortho intramolecular Hbond substituents is 1. The molecule has 23 heavy (non-hydrogen) atoms. The first-order valence-electron chi connectivity index (χ1n) is 6.06. The van der Waals surface area contributed by atoms with E-state index in [1.165, 1.54) is 18.2 Å². The van der Waals surface area contributed by atoms with Gasteiger partial charge in [-0.25, -0.2) is 9.59 Å². The zero-order chi connectivity index (χ0) is 17.1. The second-order valence-corrected chi connectivity index (χ2v) is 4.30. The molecule has 0 heterocycles. The summed E-state index contributed by atoms with van der Waals surface area (Å²) in [5.41, 5.74) is -1.70. The summed E-state index contributed by atoms with van der Waals surface area (Å²) >= 11 is 0. The molecular formula is C14H9NO8. The standard InChI is InChI=1S/C14H9NO8/c16-10-5-4-7(6-9(10)15(21)22)23-11-3-1-2-8(13(17)18)12(11)14(19)20/h1-6,16H,(H,17,18)(H,19,20). The molecule has 0 atom stereocenters. The van der Waals surface area contributed by atoms with Crippen LogP contribution in [0.3, 0.4) is 0 Å². The van der Waals surface area contributed by atoms with Crippen molar-refractivity contribution < 1.29 is 34.6 Å². The van der Waals surface area contributed by atoms with Crippen LogP contribution in [0.25, 0.3) is 0 Å². The van der Waals surface area contributed by atoms with Crippen molar-refractivity contribution in [3.8, 4) is 17.2 Å². The van der Waals surface area contributed by atoms with Gasteiger partial charge in [0.2, 0.25) is 0 Å². The summed E-state index contributed by atoms with van der Waals surface area (Å²) < 4.78 is 5.25. The highest BCUT2D eigenvalue weighted by molar-refractivity contribution is 6.03. The minimum Gasteiger partial charge on any atom is -0.502 e. The van der Waals surface area contributed by atoms with Crippen LogP contribution < -0.4 is 4.74 Å². The first kappa shape index (κ1) is 15.8. The van der Waals surface area contributed by atoms with Crippen molar-refractivity contribution >= 4 is 17.6 Å². The summed E-state index contributed by atoms with van der Waals surface area (Å²) in [5.74, 6) is -3.98. The van der Waals surface area contributed by atoms with Crippen molar-refractivity contribution in [1.29, 1.82) is 0 Å². The highest BCUT2D eigenvalue weighted by atomic mass is 16.6. The zero-order valence-corrected chi connectivity index (χ0v) is 11.3. The summed E-state index contributed by atoms with van der Waals surface area (Å²) in [6.07, 6.45) is 0. The second-order valence-electron chi connectivity index (χ2n) is 4.30. The van der Waals surface area contributed by atoms with Crippen LogP contribution in [0.4, 0.5) is 5.69 Å². The van der Waals surface area contributed by atoms with E-state index in [1.807, 2.05) is 0 Å². The Kier molecular flexibility index (Phi) is 4.12. The Balaban J connectivity index is 2.51. The summed E-state index contributed by atoms with van der Waals surface area (Å²) in [4.78, 5) is 32.3. The molecule has 0 aliphatic heterocycles. The third-order valence-electron chi connectivity index (χ3n) is 2.84. The first-order valence-corrected chi connectivity index (χ1v) is 6.06. The van der Waals surface area contributed by atoms with E-state index in [2.05, 4.69) is 0 Å². The molecule has 0 aliphatic rings. The number of nitro benzene ring substituents is 1. The van der Waals surface area contributed by atoms with Crippen molar-refractivity contribution in [1.82, 2.24) is 0 Å². The maximum absolute atomic E-state index is 11.3. The number of carbonyl (C=O) groups is 2. The number of ether oxygens (including phenoxy) is 1. The van der Waals surface area contributed by atoms with Gasteiger partial charge in [-0.15, -0.1) is 0 Å². The highest BCUT2D eigenvalue weighted by Crippen LogP contribution is 2.34. The number of carboxylic acids is 2. The van der Waals surface area contributed by atoms with Crippen LogP contribution in [0.5, 0.6) is 17.2 Å². The van der Waals surface area contributed by atoms with Gasteiger partial charge in [0.25, 0.3) is 0 Å². The highest BCUT2D eigenvalue weighted by Gasteiger charge is 2.22. The van der Waals surface area contributed by atoms with Crippen molar-refractivity contribution in [2.24, 2.45) is 0 Å². The Morgan fingerprint density at radius 3 is 2.35 bits per heavy atom. The number of rotatable bonds is 5. The molecule has 9 nitrogen and oxygen atoms in total. The lowest BCUT2D eigenvalue weighted by Crippen LogP contribution is -2.09. The number of aromatic hydroxyl groups is 1. The van der Waals surface area contributed by atoms with E-state index in [4.69, 9.17) is 14.9 Å². The third kappa shape index (κ3) is 3.18. The third-order valence-corrected chi connectivity index (χ3v) is 2.84. The summed E-state index contributed by atoms with van der Waals surface area (Å²) in [7, 11) is 0. The van der Waals surface area contributed by atoms with Crippen LogP contribution in [-0.4, -0.2) is 32.2 Å². The number of phenols is 1. The Morgan fingerprint density at radius 1 is 1.09 bits per heavy atom. The molecule has 9 heteroatoms. The van der Waals surface area contributed by atoms with Gasteiger partial charge in [0.15, 0.2) is 5.75 Å². The zero-order valence-electron chi connectivity index (χ0n) is 11.3. The molecule has 0 aliphatic carbocycles. The van der Waals surface area contributed by atoms with Gasteiger partial charge in [-0.2, -0.15) is 0 Å². The molecular weight excluding hydrogens is 310 g/mol. The fourth-order valence-corrected chi connectivity index (χ4v) is 1.85. The molecule has 0 unspecified atom stereocenters. The van der Waals surface area contributed by atoms with Crippen molar-refractivity contribution in [2.45, 2.75) is 0 Å². The SMILES string of the molecule is O=C(O)c1cccc(Oc2ccc(O)c([N+](=O)[O-])c2)c1C(=O)O. The number of benzene rings is 2. The van der Waals surface area contributed by atoms with Crippen molar-refractivity contribution in [2.75, 3.05) is 0 Å². The lowest BCUT2D eigenvalue weighted by molar-refractivity contribution is -0.385. The number of hydrogen-bond acceptors (Lipinski definition) is 6. The summed E-state index contributed by atoms with van der Waals surface area (Å²) in [6.45, 7) is 0. The van der Waals surface area contributed by atoms with E-state index in [-0.39, 0.29) is 11.5 Å². The lowest BCUT2D eigenvalue weighted by Gasteiger charge is -2.10. The molecule has 0 spiro atoms. The minimum atomic E-state index is -1.52. The largest absolute Gasteiger partial charge is 0.502 e. The molecule has 3 N–H and O–H groups in total. The predicted molar refractivity (Wildman–Crippen MR) is 75.2 cm³/mol. The minimum absolute atomic E-state index is 0.125. The summed E-state index contributed by atoms with van der Waals surface area (Å²) in [5, 5.41) is 38.3. The monoisotopic (exact) mass is 319 g/mol. The van der Waals surface area contributed by atoms with Crippen molar-refractivity contribution in [3.05, 3.63) is 57.6 Å². The molecule has 2 aromatic rings. The van der Waals surface area contributed by atoms with Gasteiger partial charge < -0.3 is 20.1 Å². The van der Waals surface area contributed by atoms with E-state index in [1.54, 1.807) is 0 Å². The van der Waals surface area contributed by atoms with Crippen LogP contribution in [0.1, 0.15) is 20.7 Å². The molecule has 0 fully saturated rings. The Labute approximate surface area is 128 Å². The van der Waals surface area contributed by atoms with Crippen LogP contribution in [0.2, 0.25) is 0 Å². The Morgan fingerprint density at radius 2 is 1.78 bits per heavy atom. The van der Waals surface area contributed by atoms with Gasteiger partial charge in [-0.3, -0.25) is 10.1 Å². The van der Waals surface area contributed by atoms with E-state index in [0.717, 1.165) is 18.2 Å².